The first-order chi connectivity index (χ1) is 15.3. The molecule has 2 saturated carbocycles. The van der Waals surface area contributed by atoms with E-state index in [-0.39, 0.29) is 36.2 Å². The van der Waals surface area contributed by atoms with Crippen LogP contribution in [0.1, 0.15) is 25.7 Å². The van der Waals surface area contributed by atoms with Crippen molar-refractivity contribution >= 4 is 35.0 Å². The van der Waals surface area contributed by atoms with Crippen LogP contribution in [0.15, 0.2) is 24.3 Å². The molecule has 2 heterocycles. The van der Waals surface area contributed by atoms with E-state index in [1.807, 2.05) is 0 Å². The summed E-state index contributed by atoms with van der Waals surface area (Å²) in [6, 6.07) is 6.72. The number of epoxide rings is 2. The van der Waals surface area contributed by atoms with Crippen molar-refractivity contribution in [3.8, 4) is 0 Å². The number of rotatable bonds is 6. The number of hydrogen-bond donors (Lipinski definition) is 4. The van der Waals surface area contributed by atoms with Crippen LogP contribution >= 0.6 is 0 Å². The van der Waals surface area contributed by atoms with Crippen molar-refractivity contribution in [2.75, 3.05) is 10.6 Å². The second-order valence-electron chi connectivity index (χ2n) is 9.16. The van der Waals surface area contributed by atoms with Crippen molar-refractivity contribution in [2.24, 2.45) is 35.1 Å². The van der Waals surface area contributed by atoms with Crippen molar-refractivity contribution in [2.45, 2.75) is 50.1 Å². The van der Waals surface area contributed by atoms with Crippen LogP contribution in [-0.4, -0.2) is 48.0 Å². The fourth-order valence-electron chi connectivity index (χ4n) is 5.20. The summed E-state index contributed by atoms with van der Waals surface area (Å²) in [5, 5.41) is 5.64. The van der Waals surface area contributed by atoms with E-state index in [0.29, 0.717) is 37.1 Å². The number of hydrogen-bond acceptors (Lipinski definition) is 6. The highest BCUT2D eigenvalue weighted by Gasteiger charge is 2.53. The quantitative estimate of drug-likeness (QED) is 0.456. The zero-order chi connectivity index (χ0) is 22.6. The molecule has 1 aromatic rings. The van der Waals surface area contributed by atoms with Crippen LogP contribution in [-0.2, 0) is 28.7 Å². The summed E-state index contributed by atoms with van der Waals surface area (Å²) in [7, 11) is 0. The van der Waals surface area contributed by atoms with Crippen LogP contribution in [0.2, 0.25) is 0 Å². The number of benzene rings is 1. The Balaban J connectivity index is 1.24. The maximum atomic E-state index is 12.9. The van der Waals surface area contributed by atoms with E-state index >= 15 is 0 Å². The molecular weight excluding hydrogens is 416 g/mol. The molecule has 10 heteroatoms. The van der Waals surface area contributed by atoms with E-state index in [1.54, 1.807) is 24.3 Å². The Morgan fingerprint density at radius 1 is 0.688 bits per heavy atom. The summed E-state index contributed by atoms with van der Waals surface area (Å²) in [4.78, 5) is 49.3. The lowest BCUT2D eigenvalue weighted by Gasteiger charge is -2.26. The highest BCUT2D eigenvalue weighted by atomic mass is 16.6. The number of nitrogens with two attached hydrogens (primary N) is 2. The molecular formula is C22H26N4O6. The van der Waals surface area contributed by atoms with Gasteiger partial charge in [-0.05, 0) is 43.9 Å². The first-order valence-electron chi connectivity index (χ1n) is 10.9. The highest BCUT2D eigenvalue weighted by molar-refractivity contribution is 5.98. The van der Waals surface area contributed by atoms with Gasteiger partial charge in [-0.1, -0.05) is 6.07 Å². The largest absolute Gasteiger partial charge is 0.370 e. The second kappa shape index (κ2) is 7.86. The number of ether oxygens (including phenoxy) is 2. The lowest BCUT2D eigenvalue weighted by Crippen LogP contribution is -2.41. The summed E-state index contributed by atoms with van der Waals surface area (Å²) in [5.41, 5.74) is 12.0. The summed E-state index contributed by atoms with van der Waals surface area (Å²) in [6.07, 6.45) is 1.91. The zero-order valence-corrected chi connectivity index (χ0v) is 17.4. The molecule has 2 saturated heterocycles. The molecule has 4 fully saturated rings. The van der Waals surface area contributed by atoms with Crippen LogP contribution in [0.5, 0.6) is 0 Å². The van der Waals surface area contributed by atoms with Gasteiger partial charge in [0.25, 0.3) is 0 Å². The molecule has 8 atom stereocenters. The molecule has 170 valence electrons. The second-order valence-corrected chi connectivity index (χ2v) is 9.16. The average molecular weight is 442 g/mol. The van der Waals surface area contributed by atoms with Gasteiger partial charge in [-0.15, -0.1) is 0 Å². The topological polar surface area (TPSA) is 169 Å². The van der Waals surface area contributed by atoms with Crippen molar-refractivity contribution < 1.29 is 28.7 Å². The van der Waals surface area contributed by atoms with Crippen LogP contribution in [0, 0.1) is 23.7 Å². The number of carbonyl (C=O) groups excluding carboxylic acids is 4. The average Bonchev–Trinajstić information content (AvgIpc) is 3.65. The minimum atomic E-state index is -0.563. The number of nitrogens with one attached hydrogen (secondary N) is 2. The van der Waals surface area contributed by atoms with Gasteiger partial charge < -0.3 is 31.6 Å². The lowest BCUT2D eigenvalue weighted by atomic mass is 9.78. The number of carbonyl (C=O) groups is 4. The van der Waals surface area contributed by atoms with Crippen molar-refractivity contribution in [3.05, 3.63) is 24.3 Å². The van der Waals surface area contributed by atoms with Crippen LogP contribution < -0.4 is 22.1 Å². The molecule has 4 amide bonds. The molecule has 0 aromatic heterocycles. The Labute approximate surface area is 184 Å². The SMILES string of the molecule is NC(=O)C1CC2OC2CC1C(=O)Nc1cccc(NC(=O)C2CC3OC3CC2C(N)=O)c1. The minimum absolute atomic E-state index is 0.00992. The Bertz CT molecular complexity index is 910. The van der Waals surface area contributed by atoms with Gasteiger partial charge in [0.1, 0.15) is 0 Å². The minimum Gasteiger partial charge on any atom is -0.370 e. The molecule has 0 bridgehead atoms. The molecule has 32 heavy (non-hydrogen) atoms. The van der Waals surface area contributed by atoms with Crippen molar-refractivity contribution in [1.82, 2.24) is 0 Å². The molecule has 2 aliphatic heterocycles. The highest BCUT2D eigenvalue weighted by Crippen LogP contribution is 2.44. The van der Waals surface area contributed by atoms with E-state index < -0.39 is 35.5 Å². The smallest absolute Gasteiger partial charge is 0.228 e. The summed E-state index contributed by atoms with van der Waals surface area (Å²) in [6.45, 7) is 0. The van der Waals surface area contributed by atoms with Gasteiger partial charge in [-0.3, -0.25) is 19.2 Å². The summed E-state index contributed by atoms with van der Waals surface area (Å²) < 4.78 is 10.9. The van der Waals surface area contributed by atoms with Crippen LogP contribution in [0.3, 0.4) is 0 Å². The molecule has 8 unspecified atom stereocenters. The third kappa shape index (κ3) is 4.07. The van der Waals surface area contributed by atoms with Crippen LogP contribution in [0.4, 0.5) is 11.4 Å². The molecule has 4 aliphatic rings. The van der Waals surface area contributed by atoms with Gasteiger partial charge in [0.2, 0.25) is 23.6 Å². The first-order valence-corrected chi connectivity index (χ1v) is 10.9. The summed E-state index contributed by atoms with van der Waals surface area (Å²) >= 11 is 0. The van der Waals surface area contributed by atoms with E-state index in [1.165, 1.54) is 0 Å². The normalized spacial score (nSPS) is 36.8. The molecule has 5 rings (SSSR count). The van der Waals surface area contributed by atoms with E-state index in [0.717, 1.165) is 0 Å². The predicted molar refractivity (Wildman–Crippen MR) is 112 cm³/mol. The molecule has 6 N–H and O–H groups in total. The molecule has 0 spiro atoms. The number of primary amides is 2. The monoisotopic (exact) mass is 442 g/mol. The van der Waals surface area contributed by atoms with Crippen LogP contribution in [0.25, 0.3) is 0 Å². The predicted octanol–water partition coefficient (Wildman–Crippen LogP) is 0.121. The van der Waals surface area contributed by atoms with Gasteiger partial charge >= 0.3 is 0 Å². The Kier molecular flexibility index (Phi) is 5.13. The van der Waals surface area contributed by atoms with Gasteiger partial charge in [0.15, 0.2) is 0 Å². The fraction of sp³-hybridized carbons (Fsp3) is 0.545. The van der Waals surface area contributed by atoms with E-state index in [4.69, 9.17) is 20.9 Å². The Hall–Kier alpha value is -2.98. The fourth-order valence-corrected chi connectivity index (χ4v) is 5.20. The number of amides is 4. The number of anilines is 2. The van der Waals surface area contributed by atoms with Gasteiger partial charge in [0, 0.05) is 11.4 Å². The lowest BCUT2D eigenvalue weighted by molar-refractivity contribution is -0.131. The third-order valence-electron chi connectivity index (χ3n) is 7.09. The first kappa shape index (κ1) is 20.9. The molecule has 2 aliphatic carbocycles. The maximum Gasteiger partial charge on any atom is 0.228 e. The van der Waals surface area contributed by atoms with Crippen molar-refractivity contribution in [1.29, 1.82) is 0 Å². The molecule has 10 nitrogen and oxygen atoms in total. The van der Waals surface area contributed by atoms with E-state index in [2.05, 4.69) is 10.6 Å². The van der Waals surface area contributed by atoms with Gasteiger partial charge in [-0.2, -0.15) is 0 Å². The standard InChI is InChI=1S/C22H26N4O6/c23-19(27)11-5-15-17(31-15)7-13(11)21(29)25-9-2-1-3-10(4-9)26-22(30)14-8-18-16(32-18)6-12(14)20(24)28/h1-4,11-18H,5-8H2,(H2,23,27)(H2,24,28)(H,25,29)(H,26,30). The van der Waals surface area contributed by atoms with E-state index in [9.17, 15) is 19.2 Å². The Morgan fingerprint density at radius 3 is 1.44 bits per heavy atom. The summed E-state index contributed by atoms with van der Waals surface area (Å²) in [5.74, 6) is -3.84. The molecule has 0 radical (unpaired) electrons. The Morgan fingerprint density at radius 2 is 1.06 bits per heavy atom. The third-order valence-corrected chi connectivity index (χ3v) is 7.09. The van der Waals surface area contributed by atoms with Gasteiger partial charge in [-0.25, -0.2) is 0 Å². The van der Waals surface area contributed by atoms with Gasteiger partial charge in [0.05, 0.1) is 48.1 Å². The molecule has 1 aromatic carbocycles. The number of fused-ring (bicyclic) bond motifs is 2. The zero-order valence-electron chi connectivity index (χ0n) is 17.4. The maximum absolute atomic E-state index is 12.9. The van der Waals surface area contributed by atoms with Crippen molar-refractivity contribution in [3.63, 3.8) is 0 Å².